The average Bonchev–Trinajstić information content (AvgIpc) is 2.92. The van der Waals surface area contributed by atoms with Crippen molar-refractivity contribution >= 4 is 17.2 Å². The first-order valence-electron chi connectivity index (χ1n) is 6.81. The largest absolute Gasteiger partial charge is 0.349 e. The van der Waals surface area contributed by atoms with Crippen molar-refractivity contribution in [2.45, 2.75) is 25.8 Å². The van der Waals surface area contributed by atoms with Crippen molar-refractivity contribution in [2.24, 2.45) is 5.73 Å². The number of hydrogen-bond donors (Lipinski definition) is 2. The van der Waals surface area contributed by atoms with E-state index >= 15 is 0 Å². The molecule has 0 aliphatic heterocycles. The Kier molecular flexibility index (Phi) is 5.32. The second-order valence-electron chi connectivity index (χ2n) is 4.89. The van der Waals surface area contributed by atoms with Gasteiger partial charge in [-0.2, -0.15) is 0 Å². The van der Waals surface area contributed by atoms with Crippen LogP contribution >= 0.6 is 11.3 Å². The summed E-state index contributed by atoms with van der Waals surface area (Å²) in [5.74, 6) is -0.0200. The Morgan fingerprint density at radius 2 is 2.05 bits per heavy atom. The summed E-state index contributed by atoms with van der Waals surface area (Å²) in [6.45, 7) is 2.66. The van der Waals surface area contributed by atoms with Gasteiger partial charge in [0.05, 0.1) is 0 Å². The summed E-state index contributed by atoms with van der Waals surface area (Å²) in [5, 5.41) is 5.08. The van der Waals surface area contributed by atoms with Gasteiger partial charge in [-0.15, -0.1) is 11.3 Å². The predicted molar refractivity (Wildman–Crippen MR) is 84.2 cm³/mol. The van der Waals surface area contributed by atoms with E-state index in [1.54, 1.807) is 11.3 Å². The van der Waals surface area contributed by atoms with E-state index < -0.39 is 0 Å². The first-order chi connectivity index (χ1) is 9.69. The van der Waals surface area contributed by atoms with Crippen molar-refractivity contribution in [3.8, 4) is 0 Å². The molecule has 3 N–H and O–H groups in total. The van der Waals surface area contributed by atoms with Gasteiger partial charge in [0.15, 0.2) is 0 Å². The standard InChI is InChI=1S/C16H20N2OS/c1-12(11-15-3-2-10-20-15)18-16(19)14-6-4-13(5-7-14)8-9-17/h2-7,10,12H,8-9,11,17H2,1H3,(H,18,19). The summed E-state index contributed by atoms with van der Waals surface area (Å²) >= 11 is 1.72. The fourth-order valence-electron chi connectivity index (χ4n) is 2.08. The van der Waals surface area contributed by atoms with Gasteiger partial charge in [-0.05, 0) is 49.0 Å². The molecule has 1 aromatic heterocycles. The van der Waals surface area contributed by atoms with E-state index in [2.05, 4.69) is 16.8 Å². The molecule has 106 valence electrons. The van der Waals surface area contributed by atoms with Crippen molar-refractivity contribution in [1.82, 2.24) is 5.32 Å². The summed E-state index contributed by atoms with van der Waals surface area (Å²) in [6.07, 6.45) is 1.71. The number of carbonyl (C=O) groups is 1. The number of hydrogen-bond acceptors (Lipinski definition) is 3. The molecule has 1 aromatic carbocycles. The highest BCUT2D eigenvalue weighted by atomic mass is 32.1. The highest BCUT2D eigenvalue weighted by molar-refractivity contribution is 7.09. The lowest BCUT2D eigenvalue weighted by molar-refractivity contribution is 0.0940. The van der Waals surface area contributed by atoms with E-state index in [0.717, 1.165) is 18.4 Å². The highest BCUT2D eigenvalue weighted by Gasteiger charge is 2.10. The van der Waals surface area contributed by atoms with Gasteiger partial charge >= 0.3 is 0 Å². The molecule has 0 saturated heterocycles. The Hall–Kier alpha value is -1.65. The van der Waals surface area contributed by atoms with Gasteiger partial charge in [-0.25, -0.2) is 0 Å². The van der Waals surface area contributed by atoms with Crippen molar-refractivity contribution in [1.29, 1.82) is 0 Å². The molecular formula is C16H20N2OS. The van der Waals surface area contributed by atoms with Gasteiger partial charge in [0.25, 0.3) is 5.91 Å². The third-order valence-corrected chi connectivity index (χ3v) is 4.01. The Labute approximate surface area is 123 Å². The maximum Gasteiger partial charge on any atom is 0.251 e. The third-order valence-electron chi connectivity index (χ3n) is 3.11. The summed E-state index contributed by atoms with van der Waals surface area (Å²) < 4.78 is 0. The smallest absolute Gasteiger partial charge is 0.251 e. The molecule has 1 atom stereocenters. The monoisotopic (exact) mass is 288 g/mol. The van der Waals surface area contributed by atoms with Crippen LogP contribution in [0.3, 0.4) is 0 Å². The van der Waals surface area contributed by atoms with Crippen LogP contribution in [0, 0.1) is 0 Å². The van der Waals surface area contributed by atoms with Gasteiger partial charge in [0, 0.05) is 22.9 Å². The summed E-state index contributed by atoms with van der Waals surface area (Å²) in [6, 6.07) is 11.9. The van der Waals surface area contributed by atoms with Gasteiger partial charge in [0.2, 0.25) is 0 Å². The third kappa shape index (κ3) is 4.18. The number of carbonyl (C=O) groups excluding carboxylic acids is 1. The molecule has 1 amide bonds. The maximum absolute atomic E-state index is 12.1. The zero-order chi connectivity index (χ0) is 14.4. The van der Waals surface area contributed by atoms with Gasteiger partial charge in [0.1, 0.15) is 0 Å². The Morgan fingerprint density at radius 3 is 2.65 bits per heavy atom. The zero-order valence-electron chi connectivity index (χ0n) is 11.6. The number of nitrogens with two attached hydrogens (primary N) is 1. The van der Waals surface area contributed by atoms with Crippen LogP contribution in [0.25, 0.3) is 0 Å². The second kappa shape index (κ2) is 7.22. The fraction of sp³-hybridized carbons (Fsp3) is 0.312. The van der Waals surface area contributed by atoms with E-state index in [1.165, 1.54) is 4.88 Å². The molecule has 20 heavy (non-hydrogen) atoms. The SMILES string of the molecule is CC(Cc1cccs1)NC(=O)c1ccc(CCN)cc1. The molecule has 0 fully saturated rings. The van der Waals surface area contributed by atoms with E-state index in [4.69, 9.17) is 5.73 Å². The zero-order valence-corrected chi connectivity index (χ0v) is 12.5. The number of rotatable bonds is 6. The molecule has 2 rings (SSSR count). The minimum absolute atomic E-state index is 0.0200. The van der Waals surface area contributed by atoms with E-state index in [0.29, 0.717) is 12.1 Å². The predicted octanol–water partition coefficient (Wildman–Crippen LogP) is 2.61. The Balaban J connectivity index is 1.90. The molecule has 0 spiro atoms. The number of nitrogens with one attached hydrogen (secondary N) is 1. The van der Waals surface area contributed by atoms with Crippen molar-refractivity contribution in [3.05, 3.63) is 57.8 Å². The van der Waals surface area contributed by atoms with Crippen LogP contribution in [0.1, 0.15) is 27.7 Å². The molecule has 1 heterocycles. The number of amides is 1. The van der Waals surface area contributed by atoms with Crippen LogP contribution in [-0.2, 0) is 12.8 Å². The fourth-order valence-corrected chi connectivity index (χ4v) is 2.91. The summed E-state index contributed by atoms with van der Waals surface area (Å²) in [7, 11) is 0. The van der Waals surface area contributed by atoms with Crippen LogP contribution < -0.4 is 11.1 Å². The van der Waals surface area contributed by atoms with E-state index in [1.807, 2.05) is 37.3 Å². The van der Waals surface area contributed by atoms with E-state index in [9.17, 15) is 4.79 Å². The molecule has 0 radical (unpaired) electrons. The molecule has 4 heteroatoms. The highest BCUT2D eigenvalue weighted by Crippen LogP contribution is 2.11. The molecule has 0 aliphatic rings. The van der Waals surface area contributed by atoms with Crippen LogP contribution in [-0.4, -0.2) is 18.5 Å². The lowest BCUT2D eigenvalue weighted by Gasteiger charge is -2.13. The molecule has 2 aromatic rings. The molecule has 1 unspecified atom stereocenters. The van der Waals surface area contributed by atoms with Crippen molar-refractivity contribution in [3.63, 3.8) is 0 Å². The minimum Gasteiger partial charge on any atom is -0.349 e. The molecule has 0 aliphatic carbocycles. The lowest BCUT2D eigenvalue weighted by Crippen LogP contribution is -2.33. The Morgan fingerprint density at radius 1 is 1.30 bits per heavy atom. The minimum atomic E-state index is -0.0200. The topological polar surface area (TPSA) is 55.1 Å². The maximum atomic E-state index is 12.1. The first-order valence-corrected chi connectivity index (χ1v) is 7.69. The normalized spacial score (nSPS) is 12.1. The van der Waals surface area contributed by atoms with Gasteiger partial charge in [-0.1, -0.05) is 18.2 Å². The van der Waals surface area contributed by atoms with Gasteiger partial charge < -0.3 is 11.1 Å². The molecular weight excluding hydrogens is 268 g/mol. The summed E-state index contributed by atoms with van der Waals surface area (Å²) in [5.41, 5.74) is 7.37. The summed E-state index contributed by atoms with van der Waals surface area (Å²) in [4.78, 5) is 13.4. The lowest BCUT2D eigenvalue weighted by atomic mass is 10.1. The first kappa shape index (κ1) is 14.8. The Bertz CT molecular complexity index is 534. The van der Waals surface area contributed by atoms with Crippen LogP contribution in [0.15, 0.2) is 41.8 Å². The number of benzene rings is 1. The van der Waals surface area contributed by atoms with Crippen molar-refractivity contribution in [2.75, 3.05) is 6.54 Å². The quantitative estimate of drug-likeness (QED) is 0.858. The average molecular weight is 288 g/mol. The molecule has 3 nitrogen and oxygen atoms in total. The van der Waals surface area contributed by atoms with Crippen LogP contribution in [0.4, 0.5) is 0 Å². The van der Waals surface area contributed by atoms with Crippen molar-refractivity contribution < 1.29 is 4.79 Å². The van der Waals surface area contributed by atoms with Gasteiger partial charge in [-0.3, -0.25) is 4.79 Å². The van der Waals surface area contributed by atoms with Crippen LogP contribution in [0.5, 0.6) is 0 Å². The van der Waals surface area contributed by atoms with Crippen LogP contribution in [0.2, 0.25) is 0 Å². The second-order valence-corrected chi connectivity index (χ2v) is 5.93. The molecule has 0 saturated carbocycles. The molecule has 0 bridgehead atoms. The van der Waals surface area contributed by atoms with E-state index in [-0.39, 0.29) is 11.9 Å². The number of thiophene rings is 1.